The first-order chi connectivity index (χ1) is 18.0. The van der Waals surface area contributed by atoms with Crippen molar-refractivity contribution in [2.24, 2.45) is 11.7 Å². The smallest absolute Gasteiger partial charge is 0.0715 e. The highest BCUT2D eigenvalue weighted by Crippen LogP contribution is 2.36. The van der Waals surface area contributed by atoms with E-state index in [1.165, 1.54) is 27.8 Å². The Labute approximate surface area is 221 Å². The normalized spacial score (nSPS) is 20.6. The minimum absolute atomic E-state index is 0.133. The molecule has 0 saturated heterocycles. The molecule has 0 fully saturated rings. The Bertz CT molecular complexity index is 1480. The number of hydrogen-bond donors (Lipinski definition) is 1. The molecule has 2 aromatic carbocycles. The fourth-order valence-electron chi connectivity index (χ4n) is 5.07. The van der Waals surface area contributed by atoms with Gasteiger partial charge in [-0.05, 0) is 83.4 Å². The van der Waals surface area contributed by atoms with Gasteiger partial charge in [0.1, 0.15) is 0 Å². The monoisotopic (exact) mass is 482 g/mol. The van der Waals surface area contributed by atoms with E-state index >= 15 is 0 Å². The molecule has 0 spiro atoms. The van der Waals surface area contributed by atoms with Crippen molar-refractivity contribution >= 4 is 17.2 Å². The van der Waals surface area contributed by atoms with Crippen LogP contribution in [-0.4, -0.2) is 11.0 Å². The molecule has 2 heteroatoms. The summed E-state index contributed by atoms with van der Waals surface area (Å²) in [6.45, 7) is 6.63. The van der Waals surface area contributed by atoms with Crippen LogP contribution < -0.4 is 5.73 Å². The van der Waals surface area contributed by atoms with E-state index in [1.807, 2.05) is 12.1 Å². The van der Waals surface area contributed by atoms with Crippen LogP contribution in [0.2, 0.25) is 0 Å². The van der Waals surface area contributed by atoms with Crippen LogP contribution in [0.1, 0.15) is 42.7 Å². The zero-order chi connectivity index (χ0) is 25.8. The van der Waals surface area contributed by atoms with Crippen LogP contribution in [0, 0.1) is 12.8 Å². The zero-order valence-electron chi connectivity index (χ0n) is 21.9. The second kappa shape index (κ2) is 10.9. The number of hydrogen-bond acceptors (Lipinski definition) is 2. The molecule has 184 valence electrons. The predicted octanol–water partition coefficient (Wildman–Crippen LogP) is 8.35. The lowest BCUT2D eigenvalue weighted by Crippen LogP contribution is -2.21. The summed E-state index contributed by atoms with van der Waals surface area (Å²) in [6.07, 6.45) is 18.2. The molecule has 0 saturated carbocycles. The summed E-state index contributed by atoms with van der Waals surface area (Å²) >= 11 is 0. The number of aromatic nitrogens is 1. The maximum absolute atomic E-state index is 6.55. The molecule has 1 aromatic heterocycles. The Balaban J connectivity index is 1.77. The average molecular weight is 483 g/mol. The first-order valence-electron chi connectivity index (χ1n) is 13.0. The lowest BCUT2D eigenvalue weighted by Gasteiger charge is -2.22. The number of pyridine rings is 1. The summed E-state index contributed by atoms with van der Waals surface area (Å²) in [5, 5.41) is 0. The molecule has 2 aliphatic carbocycles. The quantitative estimate of drug-likeness (QED) is 0.397. The molecule has 2 aliphatic rings. The van der Waals surface area contributed by atoms with E-state index in [2.05, 4.69) is 124 Å². The Morgan fingerprint density at radius 2 is 1.70 bits per heavy atom. The molecule has 0 aliphatic heterocycles. The van der Waals surface area contributed by atoms with Crippen molar-refractivity contribution in [2.75, 3.05) is 0 Å². The summed E-state index contributed by atoms with van der Waals surface area (Å²) in [5.74, 6) is 0.416. The molecule has 5 rings (SSSR count). The van der Waals surface area contributed by atoms with Gasteiger partial charge >= 0.3 is 0 Å². The fourth-order valence-corrected chi connectivity index (χ4v) is 5.07. The van der Waals surface area contributed by atoms with E-state index in [4.69, 9.17) is 10.7 Å². The van der Waals surface area contributed by atoms with E-state index in [1.54, 1.807) is 0 Å². The standard InChI is InChI=1S/C35H34N2/c1-24-13-7-9-17-28(24)21-32(26(3)31-19-11-12-20-33(31)36)29-22-34(27-15-5-4-6-16-27)37-35(23-29)30-18-10-8-14-25(30)2/h4-13,15-23,25,33H,14,36H2,1-3H3/b31-26+,32-21+. The lowest BCUT2D eigenvalue weighted by atomic mass is 9.86. The van der Waals surface area contributed by atoms with Crippen molar-refractivity contribution in [1.82, 2.24) is 4.98 Å². The van der Waals surface area contributed by atoms with Gasteiger partial charge in [0, 0.05) is 11.6 Å². The van der Waals surface area contributed by atoms with Crippen molar-refractivity contribution < 1.29 is 0 Å². The van der Waals surface area contributed by atoms with Crippen LogP contribution in [-0.2, 0) is 0 Å². The number of nitrogens with zero attached hydrogens (tertiary/aromatic N) is 1. The summed E-state index contributed by atoms with van der Waals surface area (Å²) in [6, 6.07) is 23.3. The Hall–Kier alpha value is -4.01. The van der Waals surface area contributed by atoms with Gasteiger partial charge in [-0.15, -0.1) is 0 Å². The van der Waals surface area contributed by atoms with Gasteiger partial charge in [0.25, 0.3) is 0 Å². The highest BCUT2D eigenvalue weighted by atomic mass is 14.7. The Kier molecular flexibility index (Phi) is 7.30. The summed E-state index contributed by atoms with van der Waals surface area (Å²) in [5.41, 5.74) is 18.0. The summed E-state index contributed by atoms with van der Waals surface area (Å²) < 4.78 is 0. The highest BCUT2D eigenvalue weighted by molar-refractivity contribution is 5.94. The van der Waals surface area contributed by atoms with E-state index in [9.17, 15) is 0 Å². The van der Waals surface area contributed by atoms with E-state index in [-0.39, 0.29) is 6.04 Å². The minimum atomic E-state index is -0.133. The van der Waals surface area contributed by atoms with Crippen LogP contribution in [0.15, 0.2) is 120 Å². The van der Waals surface area contributed by atoms with Gasteiger partial charge in [0.15, 0.2) is 0 Å². The SMILES string of the molecule is CC(/C(=C\c1ccccc1C)c1cc(C2=CC=CCC2C)nc(-c2ccccc2)c1)=C1/C=CC=CC1N. The molecule has 1 heterocycles. The molecule has 0 amide bonds. The van der Waals surface area contributed by atoms with E-state index < -0.39 is 0 Å². The van der Waals surface area contributed by atoms with Crippen molar-refractivity contribution in [2.45, 2.75) is 33.2 Å². The maximum Gasteiger partial charge on any atom is 0.0715 e. The van der Waals surface area contributed by atoms with Crippen molar-refractivity contribution in [1.29, 1.82) is 0 Å². The van der Waals surface area contributed by atoms with Crippen LogP contribution in [0.3, 0.4) is 0 Å². The molecule has 0 bridgehead atoms. The average Bonchev–Trinajstić information content (AvgIpc) is 2.93. The number of benzene rings is 2. The second-order valence-corrected chi connectivity index (χ2v) is 9.94. The second-order valence-electron chi connectivity index (χ2n) is 9.94. The van der Waals surface area contributed by atoms with Crippen molar-refractivity contribution in [3.05, 3.63) is 143 Å². The van der Waals surface area contributed by atoms with Crippen LogP contribution in [0.4, 0.5) is 0 Å². The molecule has 2 N–H and O–H groups in total. The summed E-state index contributed by atoms with van der Waals surface area (Å²) in [4.78, 5) is 5.18. The third kappa shape index (κ3) is 5.40. The third-order valence-electron chi connectivity index (χ3n) is 7.32. The fraction of sp³-hybridized carbons (Fsp3) is 0.171. The van der Waals surface area contributed by atoms with Crippen molar-refractivity contribution in [3.8, 4) is 11.3 Å². The van der Waals surface area contributed by atoms with Gasteiger partial charge < -0.3 is 5.73 Å². The van der Waals surface area contributed by atoms with Gasteiger partial charge in [-0.25, -0.2) is 4.98 Å². The first-order valence-corrected chi connectivity index (χ1v) is 13.0. The highest BCUT2D eigenvalue weighted by Gasteiger charge is 2.19. The molecule has 2 nitrogen and oxygen atoms in total. The van der Waals surface area contributed by atoms with E-state index in [0.717, 1.165) is 34.5 Å². The minimum Gasteiger partial charge on any atom is -0.321 e. The molecular formula is C35H34N2. The number of aryl methyl sites for hydroxylation is 1. The first kappa shape index (κ1) is 24.7. The molecule has 37 heavy (non-hydrogen) atoms. The third-order valence-corrected chi connectivity index (χ3v) is 7.32. The molecule has 2 unspecified atom stereocenters. The molecule has 3 aromatic rings. The van der Waals surface area contributed by atoms with Crippen LogP contribution in [0.5, 0.6) is 0 Å². The predicted molar refractivity (Wildman–Crippen MR) is 159 cm³/mol. The van der Waals surface area contributed by atoms with Crippen molar-refractivity contribution in [3.63, 3.8) is 0 Å². The maximum atomic E-state index is 6.55. The lowest BCUT2D eigenvalue weighted by molar-refractivity contribution is 0.754. The van der Waals surface area contributed by atoms with Gasteiger partial charge in [-0.1, -0.05) is 104 Å². The van der Waals surface area contributed by atoms with Crippen LogP contribution in [0.25, 0.3) is 28.5 Å². The number of rotatable bonds is 5. The topological polar surface area (TPSA) is 38.9 Å². The molecule has 0 radical (unpaired) electrons. The zero-order valence-corrected chi connectivity index (χ0v) is 21.9. The largest absolute Gasteiger partial charge is 0.321 e. The van der Waals surface area contributed by atoms with Gasteiger partial charge in [0.05, 0.1) is 11.4 Å². The Morgan fingerprint density at radius 3 is 2.46 bits per heavy atom. The molecule has 2 atom stereocenters. The number of allylic oxidation sites excluding steroid dienone is 8. The van der Waals surface area contributed by atoms with E-state index in [0.29, 0.717) is 5.92 Å². The number of nitrogens with two attached hydrogens (primary N) is 1. The van der Waals surface area contributed by atoms with Crippen LogP contribution >= 0.6 is 0 Å². The summed E-state index contributed by atoms with van der Waals surface area (Å²) in [7, 11) is 0. The Morgan fingerprint density at radius 1 is 0.946 bits per heavy atom. The molecular weight excluding hydrogens is 448 g/mol. The van der Waals surface area contributed by atoms with Gasteiger partial charge in [-0.2, -0.15) is 0 Å². The van der Waals surface area contributed by atoms with Gasteiger partial charge in [-0.3, -0.25) is 0 Å². The van der Waals surface area contributed by atoms with Gasteiger partial charge in [0.2, 0.25) is 0 Å².